The monoisotopic (exact) mass is 182 g/mol. The second-order valence-electron chi connectivity index (χ2n) is 3.78. The molecular weight excluding hydrogens is 168 g/mol. The number of hydrogen-bond acceptors (Lipinski definition) is 2. The first-order chi connectivity index (χ1) is 6.18. The molecule has 1 heterocycles. The van der Waals surface area contributed by atoms with Crippen LogP contribution < -0.4 is 5.56 Å². The minimum atomic E-state index is -0.223. The second-order valence-corrected chi connectivity index (χ2v) is 3.78. The molecule has 1 aromatic heterocycles. The van der Waals surface area contributed by atoms with Gasteiger partial charge in [-0.2, -0.15) is 0 Å². The lowest BCUT2D eigenvalue weighted by Gasteiger charge is -2.05. The summed E-state index contributed by atoms with van der Waals surface area (Å²) in [5.74, 6) is 0.241. The number of aryl methyl sites for hydroxylation is 1. The summed E-state index contributed by atoms with van der Waals surface area (Å²) in [4.78, 5) is 11.4. The molecule has 1 aromatic rings. The highest BCUT2D eigenvalue weighted by Crippen LogP contribution is 2.33. The van der Waals surface area contributed by atoms with Gasteiger partial charge in [0, 0.05) is 11.3 Å². The Hall–Kier alpha value is -1.03. The largest absolute Gasteiger partial charge is 0.393 e. The summed E-state index contributed by atoms with van der Waals surface area (Å²) in [5, 5.41) is 14.7. The highest BCUT2D eigenvalue weighted by molar-refractivity contribution is 5.21. The Morgan fingerprint density at radius 1 is 1.38 bits per heavy atom. The number of nitrogens with one attached hydrogen (secondary N) is 2. The molecule has 0 bridgehead atoms. The molecule has 72 valence electrons. The molecule has 0 unspecified atom stereocenters. The number of hydrogen-bond donors (Lipinski definition) is 3. The van der Waals surface area contributed by atoms with Crippen molar-refractivity contribution in [3.63, 3.8) is 0 Å². The molecule has 1 aliphatic carbocycles. The minimum absolute atomic E-state index is 0.0309. The van der Waals surface area contributed by atoms with Gasteiger partial charge in [0.15, 0.2) is 0 Å². The summed E-state index contributed by atoms with van der Waals surface area (Å²) in [5.41, 5.74) is 1.71. The van der Waals surface area contributed by atoms with Crippen LogP contribution in [0.4, 0.5) is 0 Å². The van der Waals surface area contributed by atoms with Crippen LogP contribution in [0.5, 0.6) is 0 Å². The van der Waals surface area contributed by atoms with E-state index in [0.717, 1.165) is 30.5 Å². The lowest BCUT2D eigenvalue weighted by atomic mass is 9.98. The standard InChI is InChI=1S/C9H14N2O2/c1-5-8(9(13)11-10-5)6-2-3-7(12)4-6/h6-7,12H,2-4H2,1H3,(H2,10,11,13)/t6-,7+/m0/s1. The van der Waals surface area contributed by atoms with E-state index >= 15 is 0 Å². The van der Waals surface area contributed by atoms with E-state index < -0.39 is 0 Å². The van der Waals surface area contributed by atoms with E-state index in [4.69, 9.17) is 0 Å². The zero-order valence-corrected chi connectivity index (χ0v) is 7.63. The zero-order valence-electron chi connectivity index (χ0n) is 7.63. The molecule has 0 radical (unpaired) electrons. The van der Waals surface area contributed by atoms with Crippen LogP contribution in [0.2, 0.25) is 0 Å². The SMILES string of the molecule is Cc1[nH][nH]c(=O)c1[C@H]1CC[C@@H](O)C1. The number of aliphatic hydroxyl groups excluding tert-OH is 1. The van der Waals surface area contributed by atoms with Crippen molar-refractivity contribution in [2.45, 2.75) is 38.2 Å². The van der Waals surface area contributed by atoms with Crippen molar-refractivity contribution in [2.24, 2.45) is 0 Å². The van der Waals surface area contributed by atoms with Gasteiger partial charge in [-0.1, -0.05) is 0 Å². The van der Waals surface area contributed by atoms with Crippen LogP contribution in [0.1, 0.15) is 36.4 Å². The molecule has 13 heavy (non-hydrogen) atoms. The van der Waals surface area contributed by atoms with Gasteiger partial charge in [-0.25, -0.2) is 0 Å². The predicted molar refractivity (Wildman–Crippen MR) is 48.7 cm³/mol. The van der Waals surface area contributed by atoms with Crippen molar-refractivity contribution in [2.75, 3.05) is 0 Å². The first-order valence-corrected chi connectivity index (χ1v) is 4.63. The van der Waals surface area contributed by atoms with Crippen LogP contribution in [0, 0.1) is 6.92 Å². The van der Waals surface area contributed by atoms with Crippen molar-refractivity contribution in [1.29, 1.82) is 0 Å². The van der Waals surface area contributed by atoms with Gasteiger partial charge in [-0.05, 0) is 32.1 Å². The van der Waals surface area contributed by atoms with Crippen molar-refractivity contribution in [3.8, 4) is 0 Å². The lowest BCUT2D eigenvalue weighted by molar-refractivity contribution is 0.181. The molecule has 2 rings (SSSR count). The van der Waals surface area contributed by atoms with E-state index in [1.807, 2.05) is 6.92 Å². The third kappa shape index (κ3) is 1.42. The van der Waals surface area contributed by atoms with Gasteiger partial charge in [-0.15, -0.1) is 0 Å². The molecule has 1 fully saturated rings. The highest BCUT2D eigenvalue weighted by atomic mass is 16.3. The third-order valence-corrected chi connectivity index (χ3v) is 2.83. The highest BCUT2D eigenvalue weighted by Gasteiger charge is 2.27. The van der Waals surface area contributed by atoms with E-state index in [9.17, 15) is 9.90 Å². The Morgan fingerprint density at radius 2 is 2.15 bits per heavy atom. The predicted octanol–water partition coefficient (Wildman–Crippen LogP) is 0.640. The van der Waals surface area contributed by atoms with E-state index in [0.29, 0.717) is 0 Å². The smallest absolute Gasteiger partial charge is 0.267 e. The van der Waals surface area contributed by atoms with Gasteiger partial charge in [0.2, 0.25) is 0 Å². The molecule has 0 spiro atoms. The van der Waals surface area contributed by atoms with E-state index in [2.05, 4.69) is 10.2 Å². The van der Waals surface area contributed by atoms with Crippen molar-refractivity contribution < 1.29 is 5.11 Å². The first kappa shape index (κ1) is 8.56. The summed E-state index contributed by atoms with van der Waals surface area (Å²) in [6.45, 7) is 1.89. The number of aromatic amines is 2. The van der Waals surface area contributed by atoms with E-state index in [-0.39, 0.29) is 17.6 Å². The van der Waals surface area contributed by atoms with Gasteiger partial charge in [-0.3, -0.25) is 9.89 Å². The molecule has 2 atom stereocenters. The van der Waals surface area contributed by atoms with Crippen LogP contribution in [0.3, 0.4) is 0 Å². The molecule has 1 saturated carbocycles. The van der Waals surface area contributed by atoms with Gasteiger partial charge in [0.25, 0.3) is 5.56 Å². The Morgan fingerprint density at radius 3 is 2.62 bits per heavy atom. The van der Waals surface area contributed by atoms with E-state index in [1.165, 1.54) is 0 Å². The summed E-state index contributed by atoms with van der Waals surface area (Å²) in [7, 11) is 0. The molecule has 0 aromatic carbocycles. The maximum absolute atomic E-state index is 11.4. The molecular formula is C9H14N2O2. The molecule has 0 saturated heterocycles. The quantitative estimate of drug-likeness (QED) is 0.596. The topological polar surface area (TPSA) is 68.9 Å². The van der Waals surface area contributed by atoms with Crippen LogP contribution in [-0.2, 0) is 0 Å². The first-order valence-electron chi connectivity index (χ1n) is 4.63. The second kappa shape index (κ2) is 3.03. The third-order valence-electron chi connectivity index (χ3n) is 2.83. The Labute approximate surface area is 76.0 Å². The van der Waals surface area contributed by atoms with Gasteiger partial charge >= 0.3 is 0 Å². The van der Waals surface area contributed by atoms with Crippen LogP contribution >= 0.6 is 0 Å². The summed E-state index contributed by atoms with van der Waals surface area (Å²) in [6.07, 6.45) is 2.23. The number of aliphatic hydroxyl groups is 1. The van der Waals surface area contributed by atoms with Crippen molar-refractivity contribution in [3.05, 3.63) is 21.6 Å². The maximum atomic E-state index is 11.4. The summed E-state index contributed by atoms with van der Waals surface area (Å²) in [6, 6.07) is 0. The average Bonchev–Trinajstić information content (AvgIpc) is 2.60. The fourth-order valence-electron chi connectivity index (χ4n) is 2.17. The zero-order chi connectivity index (χ0) is 9.42. The van der Waals surface area contributed by atoms with Crippen molar-refractivity contribution >= 4 is 0 Å². The van der Waals surface area contributed by atoms with Crippen molar-refractivity contribution in [1.82, 2.24) is 10.2 Å². The fraction of sp³-hybridized carbons (Fsp3) is 0.667. The normalized spacial score (nSPS) is 28.2. The summed E-state index contributed by atoms with van der Waals surface area (Å²) >= 11 is 0. The van der Waals surface area contributed by atoms with Gasteiger partial charge < -0.3 is 10.2 Å². The van der Waals surface area contributed by atoms with Crippen LogP contribution in [-0.4, -0.2) is 21.4 Å². The fourth-order valence-corrected chi connectivity index (χ4v) is 2.17. The molecule has 1 aliphatic rings. The molecule has 3 N–H and O–H groups in total. The lowest BCUT2D eigenvalue weighted by Crippen LogP contribution is -2.10. The molecule has 0 aliphatic heterocycles. The minimum Gasteiger partial charge on any atom is -0.393 e. The maximum Gasteiger partial charge on any atom is 0.267 e. The van der Waals surface area contributed by atoms with Crippen LogP contribution in [0.15, 0.2) is 4.79 Å². The van der Waals surface area contributed by atoms with E-state index in [1.54, 1.807) is 0 Å². The van der Waals surface area contributed by atoms with Crippen LogP contribution in [0.25, 0.3) is 0 Å². The Balaban J connectivity index is 2.30. The molecule has 0 amide bonds. The Bertz CT molecular complexity index is 353. The van der Waals surface area contributed by atoms with Gasteiger partial charge in [0.1, 0.15) is 0 Å². The van der Waals surface area contributed by atoms with Gasteiger partial charge in [0.05, 0.1) is 6.10 Å². The summed E-state index contributed by atoms with van der Waals surface area (Å²) < 4.78 is 0. The number of rotatable bonds is 1. The number of H-pyrrole nitrogens is 2. The molecule has 4 nitrogen and oxygen atoms in total. The molecule has 4 heteroatoms. The average molecular weight is 182 g/mol. The Kier molecular flexibility index (Phi) is 2.00. The number of aromatic nitrogens is 2.